The van der Waals surface area contributed by atoms with Gasteiger partial charge in [0.05, 0.1) is 27.4 Å². The van der Waals surface area contributed by atoms with Crippen molar-refractivity contribution in [3.05, 3.63) is 24.3 Å². The van der Waals surface area contributed by atoms with Gasteiger partial charge in [-0.3, -0.25) is 9.69 Å². The number of benzene rings is 1. The van der Waals surface area contributed by atoms with Gasteiger partial charge in [-0.05, 0) is 24.3 Å². The fraction of sp³-hybridized carbons (Fsp3) is 0.533. The number of carbonyl (C=O) groups is 1. The first kappa shape index (κ1) is 15.6. The molecule has 116 valence electrons. The number of methoxy groups -OCH3 is 2. The van der Waals surface area contributed by atoms with Gasteiger partial charge >= 0.3 is 5.97 Å². The summed E-state index contributed by atoms with van der Waals surface area (Å²) in [5.41, 5.74) is 0. The highest BCUT2D eigenvalue weighted by Gasteiger charge is 2.22. The Balaban J connectivity index is 1.78. The first-order valence-corrected chi connectivity index (χ1v) is 6.89. The van der Waals surface area contributed by atoms with Crippen LogP contribution in [0.15, 0.2) is 24.3 Å². The van der Waals surface area contributed by atoms with Gasteiger partial charge in [-0.1, -0.05) is 0 Å². The third-order valence-electron chi connectivity index (χ3n) is 3.30. The molecule has 21 heavy (non-hydrogen) atoms. The molecule has 0 bridgehead atoms. The summed E-state index contributed by atoms with van der Waals surface area (Å²) >= 11 is 0. The summed E-state index contributed by atoms with van der Waals surface area (Å²) < 4.78 is 21.1. The highest BCUT2D eigenvalue weighted by Crippen LogP contribution is 2.17. The third kappa shape index (κ3) is 4.91. The Morgan fingerprint density at radius 3 is 2.67 bits per heavy atom. The minimum Gasteiger partial charge on any atom is -0.497 e. The summed E-state index contributed by atoms with van der Waals surface area (Å²) in [5, 5.41) is 0. The summed E-state index contributed by atoms with van der Waals surface area (Å²) in [7, 11) is 3.02. The molecule has 6 nitrogen and oxygen atoms in total. The number of nitrogens with zero attached hydrogens (tertiary/aromatic N) is 1. The van der Waals surface area contributed by atoms with Crippen molar-refractivity contribution < 1.29 is 23.7 Å². The van der Waals surface area contributed by atoms with Crippen LogP contribution >= 0.6 is 0 Å². The maximum atomic E-state index is 11.3. The topological polar surface area (TPSA) is 57.2 Å². The second-order valence-electron chi connectivity index (χ2n) is 4.79. The van der Waals surface area contributed by atoms with Crippen LogP contribution < -0.4 is 9.47 Å². The molecule has 1 aliphatic rings. The molecule has 0 N–H and O–H groups in total. The zero-order valence-corrected chi connectivity index (χ0v) is 12.4. The molecule has 1 aromatic rings. The Bertz CT molecular complexity index is 448. The Morgan fingerprint density at radius 1 is 1.29 bits per heavy atom. The second-order valence-corrected chi connectivity index (χ2v) is 4.79. The lowest BCUT2D eigenvalue weighted by atomic mass is 10.3. The lowest BCUT2D eigenvalue weighted by molar-refractivity contribution is -0.144. The molecule has 6 heteroatoms. The van der Waals surface area contributed by atoms with Crippen LogP contribution in [0.5, 0.6) is 11.5 Å². The Labute approximate surface area is 124 Å². The maximum absolute atomic E-state index is 11.3. The van der Waals surface area contributed by atoms with Crippen molar-refractivity contribution in [1.82, 2.24) is 4.90 Å². The zero-order chi connectivity index (χ0) is 15.1. The lowest BCUT2D eigenvalue weighted by Gasteiger charge is -2.31. The molecule has 1 aliphatic heterocycles. The van der Waals surface area contributed by atoms with E-state index in [1.54, 1.807) is 7.11 Å². The Kier molecular flexibility index (Phi) is 5.83. The van der Waals surface area contributed by atoms with E-state index in [2.05, 4.69) is 4.74 Å². The molecule has 0 aliphatic carbocycles. The zero-order valence-electron chi connectivity index (χ0n) is 12.4. The summed E-state index contributed by atoms with van der Waals surface area (Å²) in [6, 6.07) is 7.41. The molecule has 0 saturated carbocycles. The van der Waals surface area contributed by atoms with Crippen molar-refractivity contribution in [3.63, 3.8) is 0 Å². The van der Waals surface area contributed by atoms with E-state index in [1.165, 1.54) is 7.11 Å². The molecule has 1 aromatic carbocycles. The van der Waals surface area contributed by atoms with E-state index in [-0.39, 0.29) is 12.1 Å². The van der Waals surface area contributed by atoms with Crippen LogP contribution in [0.4, 0.5) is 0 Å². The maximum Gasteiger partial charge on any atom is 0.319 e. The summed E-state index contributed by atoms with van der Waals surface area (Å²) in [4.78, 5) is 13.3. The Hall–Kier alpha value is -1.79. The fourth-order valence-corrected chi connectivity index (χ4v) is 2.13. The van der Waals surface area contributed by atoms with Crippen LogP contribution in [-0.2, 0) is 14.3 Å². The predicted octanol–water partition coefficient (Wildman–Crippen LogP) is 0.948. The van der Waals surface area contributed by atoms with Crippen molar-refractivity contribution >= 4 is 5.97 Å². The number of carbonyl (C=O) groups excluding carboxylic acids is 1. The number of rotatable bonds is 6. The largest absolute Gasteiger partial charge is 0.497 e. The smallest absolute Gasteiger partial charge is 0.319 e. The SMILES string of the molecule is COC(=O)CN1CCO[C@H](COc2ccc(OC)cc2)C1. The van der Waals surface area contributed by atoms with Gasteiger partial charge in [-0.2, -0.15) is 0 Å². The monoisotopic (exact) mass is 295 g/mol. The molecule has 0 unspecified atom stereocenters. The van der Waals surface area contributed by atoms with Crippen molar-refractivity contribution in [1.29, 1.82) is 0 Å². The molecule has 0 spiro atoms. The van der Waals surface area contributed by atoms with Crippen molar-refractivity contribution in [3.8, 4) is 11.5 Å². The Morgan fingerprint density at radius 2 is 2.00 bits per heavy atom. The van der Waals surface area contributed by atoms with Gasteiger partial charge in [0.1, 0.15) is 24.2 Å². The first-order chi connectivity index (χ1) is 10.2. The van der Waals surface area contributed by atoms with Crippen LogP contribution in [0, 0.1) is 0 Å². The quantitative estimate of drug-likeness (QED) is 0.728. The summed E-state index contributed by atoms with van der Waals surface area (Å²) in [6.07, 6.45) is -0.0505. The van der Waals surface area contributed by atoms with Crippen molar-refractivity contribution in [2.45, 2.75) is 6.10 Å². The number of esters is 1. The van der Waals surface area contributed by atoms with E-state index in [4.69, 9.17) is 14.2 Å². The van der Waals surface area contributed by atoms with Crippen molar-refractivity contribution in [2.75, 3.05) is 47.1 Å². The lowest BCUT2D eigenvalue weighted by Crippen LogP contribution is -2.46. The van der Waals surface area contributed by atoms with E-state index in [0.717, 1.165) is 18.0 Å². The van der Waals surface area contributed by atoms with E-state index in [1.807, 2.05) is 29.2 Å². The van der Waals surface area contributed by atoms with E-state index in [9.17, 15) is 4.79 Å². The van der Waals surface area contributed by atoms with Gasteiger partial charge in [-0.15, -0.1) is 0 Å². The third-order valence-corrected chi connectivity index (χ3v) is 3.30. The average molecular weight is 295 g/mol. The number of hydrogen-bond acceptors (Lipinski definition) is 6. The number of morpholine rings is 1. The first-order valence-electron chi connectivity index (χ1n) is 6.89. The van der Waals surface area contributed by atoms with Crippen LogP contribution in [0.3, 0.4) is 0 Å². The van der Waals surface area contributed by atoms with E-state index < -0.39 is 0 Å². The van der Waals surface area contributed by atoms with Gasteiger partial charge < -0.3 is 18.9 Å². The standard InChI is InChI=1S/C15H21NO5/c1-18-12-3-5-13(6-4-12)21-11-14-9-16(7-8-20-14)10-15(17)19-2/h3-6,14H,7-11H2,1-2H3/t14-/m0/s1. The van der Waals surface area contributed by atoms with Gasteiger partial charge in [0.2, 0.25) is 0 Å². The second kappa shape index (κ2) is 7.85. The van der Waals surface area contributed by atoms with Gasteiger partial charge in [0, 0.05) is 13.1 Å². The van der Waals surface area contributed by atoms with Crippen LogP contribution in [0.25, 0.3) is 0 Å². The predicted molar refractivity (Wildman–Crippen MR) is 76.7 cm³/mol. The van der Waals surface area contributed by atoms with Crippen LogP contribution in [-0.4, -0.2) is 64.0 Å². The van der Waals surface area contributed by atoms with Gasteiger partial charge in [-0.25, -0.2) is 0 Å². The van der Waals surface area contributed by atoms with E-state index >= 15 is 0 Å². The fourth-order valence-electron chi connectivity index (χ4n) is 2.13. The molecular formula is C15H21NO5. The molecule has 1 saturated heterocycles. The molecule has 2 rings (SSSR count). The minimum absolute atomic E-state index is 0.0505. The van der Waals surface area contributed by atoms with Gasteiger partial charge in [0.15, 0.2) is 0 Å². The number of hydrogen-bond donors (Lipinski definition) is 0. The van der Waals surface area contributed by atoms with Crippen LogP contribution in [0.2, 0.25) is 0 Å². The molecule has 1 atom stereocenters. The van der Waals surface area contributed by atoms with Crippen molar-refractivity contribution in [2.24, 2.45) is 0 Å². The molecule has 0 amide bonds. The normalized spacial score (nSPS) is 19.0. The summed E-state index contributed by atoms with van der Waals surface area (Å²) in [5.74, 6) is 1.33. The van der Waals surface area contributed by atoms with Crippen LogP contribution in [0.1, 0.15) is 0 Å². The van der Waals surface area contributed by atoms with Gasteiger partial charge in [0.25, 0.3) is 0 Å². The molecular weight excluding hydrogens is 274 g/mol. The van der Waals surface area contributed by atoms with E-state index in [0.29, 0.717) is 26.3 Å². The molecule has 0 aromatic heterocycles. The highest BCUT2D eigenvalue weighted by atomic mass is 16.5. The average Bonchev–Trinajstić information content (AvgIpc) is 2.53. The molecule has 0 radical (unpaired) electrons. The molecule has 1 heterocycles. The minimum atomic E-state index is -0.230. The summed E-state index contributed by atoms with van der Waals surface area (Å²) in [6.45, 7) is 2.72. The number of ether oxygens (including phenoxy) is 4. The molecule has 1 fully saturated rings. The highest BCUT2D eigenvalue weighted by molar-refractivity contribution is 5.71.